The maximum atomic E-state index is 11.9. The van der Waals surface area contributed by atoms with Gasteiger partial charge in [0.2, 0.25) is 0 Å². The van der Waals surface area contributed by atoms with Gasteiger partial charge in [-0.3, -0.25) is 0 Å². The summed E-state index contributed by atoms with van der Waals surface area (Å²) in [6.45, 7) is 4.40. The van der Waals surface area contributed by atoms with Crippen molar-refractivity contribution < 1.29 is 19.4 Å². The number of epoxide rings is 1. The van der Waals surface area contributed by atoms with Gasteiger partial charge in [0.25, 0.3) is 0 Å². The van der Waals surface area contributed by atoms with Gasteiger partial charge in [0.1, 0.15) is 18.8 Å². The topological polar surface area (TPSA) is 71.1 Å². The molecule has 1 aliphatic heterocycles. The smallest absolute Gasteiger partial charge is 0.407 e. The van der Waals surface area contributed by atoms with E-state index in [1.807, 2.05) is 30.3 Å². The second kappa shape index (κ2) is 7.43. The highest BCUT2D eigenvalue weighted by molar-refractivity contribution is 5.67. The van der Waals surface area contributed by atoms with Crippen LogP contribution in [0, 0.1) is 5.92 Å². The number of hydrogen-bond acceptors (Lipinski definition) is 4. The third-order valence-corrected chi connectivity index (χ3v) is 3.44. The van der Waals surface area contributed by atoms with E-state index >= 15 is 0 Å². The molecule has 2 N–H and O–H groups in total. The van der Waals surface area contributed by atoms with Crippen molar-refractivity contribution in [2.75, 3.05) is 6.61 Å². The number of rotatable bonds is 7. The van der Waals surface area contributed by atoms with Gasteiger partial charge in [-0.2, -0.15) is 0 Å². The first-order chi connectivity index (χ1) is 10.1. The van der Waals surface area contributed by atoms with Crippen LogP contribution in [0.1, 0.15) is 25.8 Å². The van der Waals surface area contributed by atoms with Gasteiger partial charge in [0, 0.05) is 0 Å². The first-order valence-corrected chi connectivity index (χ1v) is 7.33. The summed E-state index contributed by atoms with van der Waals surface area (Å²) in [6, 6.07) is 9.42. The van der Waals surface area contributed by atoms with Crippen molar-refractivity contribution >= 4 is 6.09 Å². The van der Waals surface area contributed by atoms with Crippen LogP contribution in [-0.4, -0.2) is 36.1 Å². The van der Waals surface area contributed by atoms with Gasteiger partial charge in [-0.1, -0.05) is 44.2 Å². The maximum Gasteiger partial charge on any atom is 0.407 e. The van der Waals surface area contributed by atoms with E-state index < -0.39 is 6.09 Å². The molecule has 1 amide bonds. The number of benzene rings is 1. The third kappa shape index (κ3) is 5.02. The van der Waals surface area contributed by atoms with Crippen molar-refractivity contribution in [2.24, 2.45) is 5.92 Å². The molecule has 5 nitrogen and oxygen atoms in total. The number of amides is 1. The quantitative estimate of drug-likeness (QED) is 0.755. The highest BCUT2D eigenvalue weighted by atomic mass is 16.6. The number of nitrogens with one attached hydrogen (secondary N) is 1. The largest absolute Gasteiger partial charge is 0.445 e. The van der Waals surface area contributed by atoms with E-state index in [0.717, 1.165) is 12.0 Å². The molecule has 2 rings (SSSR count). The number of alkyl carbamates (subject to hydrolysis) is 1. The van der Waals surface area contributed by atoms with Gasteiger partial charge < -0.3 is 19.9 Å². The highest BCUT2D eigenvalue weighted by Crippen LogP contribution is 2.28. The van der Waals surface area contributed by atoms with Gasteiger partial charge in [-0.05, 0) is 17.9 Å². The predicted molar refractivity (Wildman–Crippen MR) is 78.8 cm³/mol. The normalized spacial score (nSPS) is 21.9. The Kier molecular flexibility index (Phi) is 5.59. The molecule has 116 valence electrons. The molecule has 21 heavy (non-hydrogen) atoms. The summed E-state index contributed by atoms with van der Waals surface area (Å²) >= 11 is 0. The lowest BCUT2D eigenvalue weighted by Crippen LogP contribution is -2.41. The number of carbonyl (C=O) groups is 1. The summed E-state index contributed by atoms with van der Waals surface area (Å²) in [4.78, 5) is 11.9. The molecule has 0 aliphatic carbocycles. The standard InChI is InChI=1S/C16H23NO4/c1-11(2)8-13(15-14(9-18)21-15)17-16(19)20-10-12-6-4-3-5-7-12/h3-7,11,13-15,18H,8-10H2,1-2H3,(H,17,19)/t13-,14-,15+/m0/s1. The Labute approximate surface area is 125 Å². The Morgan fingerprint density at radius 2 is 2.10 bits per heavy atom. The summed E-state index contributed by atoms with van der Waals surface area (Å²) in [5.74, 6) is 0.424. The van der Waals surface area contributed by atoms with Crippen LogP contribution < -0.4 is 5.32 Å². The molecule has 1 aromatic carbocycles. The Morgan fingerprint density at radius 3 is 2.67 bits per heavy atom. The van der Waals surface area contributed by atoms with E-state index in [-0.39, 0.29) is 31.5 Å². The Hall–Kier alpha value is -1.59. The van der Waals surface area contributed by atoms with Crippen molar-refractivity contribution in [3.05, 3.63) is 35.9 Å². The van der Waals surface area contributed by atoms with Gasteiger partial charge in [0.05, 0.1) is 12.6 Å². The van der Waals surface area contributed by atoms with E-state index in [0.29, 0.717) is 5.92 Å². The summed E-state index contributed by atoms with van der Waals surface area (Å²) in [7, 11) is 0. The van der Waals surface area contributed by atoms with Crippen LogP contribution in [0.2, 0.25) is 0 Å². The number of hydrogen-bond donors (Lipinski definition) is 2. The van der Waals surface area contributed by atoms with Crippen LogP contribution in [0.15, 0.2) is 30.3 Å². The van der Waals surface area contributed by atoms with E-state index in [9.17, 15) is 4.79 Å². The molecule has 1 aliphatic rings. The minimum absolute atomic E-state index is 0.0139. The molecule has 0 spiro atoms. The number of ether oxygens (including phenoxy) is 2. The first-order valence-electron chi connectivity index (χ1n) is 7.33. The van der Waals surface area contributed by atoms with Crippen LogP contribution in [0.3, 0.4) is 0 Å². The predicted octanol–water partition coefficient (Wildman–Crippen LogP) is 2.09. The second-order valence-corrected chi connectivity index (χ2v) is 5.76. The first kappa shape index (κ1) is 15.8. The van der Waals surface area contributed by atoms with Crippen LogP contribution in [0.4, 0.5) is 4.79 Å². The second-order valence-electron chi connectivity index (χ2n) is 5.76. The molecule has 0 aromatic heterocycles. The zero-order valence-electron chi connectivity index (χ0n) is 12.5. The van der Waals surface area contributed by atoms with Crippen molar-refractivity contribution in [3.63, 3.8) is 0 Å². The summed E-state index contributed by atoms with van der Waals surface area (Å²) in [6.07, 6.45) is 0.0725. The van der Waals surface area contributed by atoms with Gasteiger partial charge in [0.15, 0.2) is 0 Å². The van der Waals surface area contributed by atoms with Gasteiger partial charge >= 0.3 is 6.09 Å². The van der Waals surface area contributed by atoms with Crippen molar-refractivity contribution in [2.45, 2.75) is 45.1 Å². The molecule has 1 aromatic rings. The Balaban J connectivity index is 1.80. The molecule has 0 bridgehead atoms. The molecule has 3 atom stereocenters. The third-order valence-electron chi connectivity index (χ3n) is 3.44. The van der Waals surface area contributed by atoms with Crippen LogP contribution >= 0.6 is 0 Å². The van der Waals surface area contributed by atoms with Crippen molar-refractivity contribution in [1.82, 2.24) is 5.32 Å². The fourth-order valence-corrected chi connectivity index (χ4v) is 2.36. The fraction of sp³-hybridized carbons (Fsp3) is 0.562. The Morgan fingerprint density at radius 1 is 1.38 bits per heavy atom. The monoisotopic (exact) mass is 293 g/mol. The number of carbonyl (C=O) groups excluding carboxylic acids is 1. The average molecular weight is 293 g/mol. The zero-order valence-corrected chi connectivity index (χ0v) is 12.5. The molecule has 0 radical (unpaired) electrons. The van der Waals surface area contributed by atoms with Crippen LogP contribution in [0.25, 0.3) is 0 Å². The molecule has 5 heteroatoms. The molecular weight excluding hydrogens is 270 g/mol. The summed E-state index contributed by atoms with van der Waals surface area (Å²) < 4.78 is 10.6. The van der Waals surface area contributed by atoms with E-state index in [2.05, 4.69) is 19.2 Å². The van der Waals surface area contributed by atoms with E-state index in [4.69, 9.17) is 14.6 Å². The van der Waals surface area contributed by atoms with Crippen LogP contribution in [0.5, 0.6) is 0 Å². The number of aliphatic hydroxyl groups excluding tert-OH is 1. The Bertz CT molecular complexity index is 449. The number of aliphatic hydroxyl groups is 1. The van der Waals surface area contributed by atoms with Gasteiger partial charge in [-0.25, -0.2) is 4.79 Å². The van der Waals surface area contributed by atoms with Gasteiger partial charge in [-0.15, -0.1) is 0 Å². The lowest BCUT2D eigenvalue weighted by Gasteiger charge is -2.18. The van der Waals surface area contributed by atoms with E-state index in [1.54, 1.807) is 0 Å². The maximum absolute atomic E-state index is 11.9. The van der Waals surface area contributed by atoms with Crippen molar-refractivity contribution in [3.8, 4) is 0 Å². The molecule has 1 fully saturated rings. The molecule has 1 saturated heterocycles. The van der Waals surface area contributed by atoms with Crippen LogP contribution in [-0.2, 0) is 16.1 Å². The molecule has 0 saturated carbocycles. The summed E-state index contributed by atoms with van der Waals surface area (Å²) in [5.41, 5.74) is 0.948. The minimum Gasteiger partial charge on any atom is -0.445 e. The zero-order chi connectivity index (χ0) is 15.2. The van der Waals surface area contributed by atoms with E-state index in [1.165, 1.54) is 0 Å². The summed E-state index contributed by atoms with van der Waals surface area (Å²) in [5, 5.41) is 11.9. The lowest BCUT2D eigenvalue weighted by molar-refractivity contribution is 0.131. The fourth-order valence-electron chi connectivity index (χ4n) is 2.36. The minimum atomic E-state index is -0.448. The lowest BCUT2D eigenvalue weighted by atomic mass is 10.00. The molecule has 0 unspecified atom stereocenters. The molecular formula is C16H23NO4. The van der Waals surface area contributed by atoms with Crippen molar-refractivity contribution in [1.29, 1.82) is 0 Å². The average Bonchev–Trinajstić information content (AvgIpc) is 3.25. The molecule has 1 heterocycles. The highest BCUT2D eigenvalue weighted by Gasteiger charge is 2.45. The SMILES string of the molecule is CC(C)C[C@H](NC(=O)OCc1ccccc1)[C@H]1O[C@H]1CO.